The summed E-state index contributed by atoms with van der Waals surface area (Å²) in [5.41, 5.74) is 29.0. The van der Waals surface area contributed by atoms with Crippen molar-refractivity contribution in [1.29, 1.82) is 0 Å². The molecule has 0 amide bonds. The highest BCUT2D eigenvalue weighted by Crippen LogP contribution is 2.51. The molecule has 0 aliphatic carbocycles. The molecule has 626 valence electrons. The molecule has 20 aromatic carbocycles. The van der Waals surface area contributed by atoms with Gasteiger partial charge in [-0.3, -0.25) is 0 Å². The number of benzene rings is 20. The Labute approximate surface area is 763 Å². The van der Waals surface area contributed by atoms with Gasteiger partial charge in [-0.2, -0.15) is 0 Å². The van der Waals surface area contributed by atoms with Crippen LogP contribution in [0.15, 0.2) is 421 Å². The summed E-state index contributed by atoms with van der Waals surface area (Å²) < 4.78 is 13.9. The summed E-state index contributed by atoms with van der Waals surface area (Å²) in [6.45, 7) is 22.5. The van der Waals surface area contributed by atoms with Crippen LogP contribution in [0.3, 0.4) is 0 Å². The molecule has 2 aromatic heterocycles. The molecule has 0 saturated heterocycles. The molecule has 6 heteroatoms. The third-order valence-corrected chi connectivity index (χ3v) is 37.3. The van der Waals surface area contributed by atoms with Gasteiger partial charge in [0.05, 0.1) is 11.4 Å². The smallest absolute Gasteiger partial charge is 0.179 e. The molecule has 0 fully saturated rings. The number of anilines is 6. The minimum atomic E-state index is -2.87. The van der Waals surface area contributed by atoms with Crippen LogP contribution in [0.25, 0.3) is 121 Å². The third kappa shape index (κ3) is 13.8. The first-order valence-corrected chi connectivity index (χ1v) is 49.8. The lowest BCUT2D eigenvalue weighted by Gasteiger charge is -2.35. The van der Waals surface area contributed by atoms with Gasteiger partial charge in [0.15, 0.2) is 27.3 Å². The summed E-state index contributed by atoms with van der Waals surface area (Å²) in [6.07, 6.45) is 0. The van der Waals surface area contributed by atoms with Crippen molar-refractivity contribution in [1.82, 2.24) is 0 Å². The van der Waals surface area contributed by atoms with Crippen molar-refractivity contribution < 1.29 is 8.83 Å². The number of rotatable bonds is 20. The van der Waals surface area contributed by atoms with E-state index in [-0.39, 0.29) is 11.8 Å². The molecule has 22 rings (SSSR count). The van der Waals surface area contributed by atoms with Gasteiger partial charge in [-0.15, -0.1) is 0 Å². The van der Waals surface area contributed by atoms with E-state index in [4.69, 9.17) is 8.83 Å². The number of fused-ring (bicyclic) bond motifs is 6. The highest BCUT2D eigenvalue weighted by atomic mass is 28.3. The molecule has 0 atom stereocenters. The topological polar surface area (TPSA) is 32.8 Å². The van der Waals surface area contributed by atoms with Crippen molar-refractivity contribution in [2.45, 2.75) is 81.1 Å². The second-order valence-electron chi connectivity index (χ2n) is 36.6. The molecular formula is C124H100N2O2Si2. The number of hydrogen-bond acceptors (Lipinski definition) is 4. The molecule has 0 aliphatic rings. The predicted molar refractivity (Wildman–Crippen MR) is 560 cm³/mol. The second-order valence-corrected chi connectivity index (χ2v) is 44.2. The highest BCUT2D eigenvalue weighted by molar-refractivity contribution is 7.20. The Hall–Kier alpha value is -14.9. The summed E-state index contributed by atoms with van der Waals surface area (Å²) in [6, 6.07) is 157. The van der Waals surface area contributed by atoms with E-state index in [0.29, 0.717) is 0 Å². The fraction of sp³-hybridized carbons (Fsp3) is 0.0968. The first-order valence-electron chi connectivity index (χ1n) is 45.8. The Kier molecular flexibility index (Phi) is 20.4. The zero-order chi connectivity index (χ0) is 88.2. The van der Waals surface area contributed by atoms with E-state index in [0.717, 1.165) is 100 Å². The molecule has 130 heavy (non-hydrogen) atoms. The lowest BCUT2D eigenvalue weighted by molar-refractivity contribution is 0.668. The molecule has 0 unspecified atom stereocenters. The normalized spacial score (nSPS) is 12.1. The van der Waals surface area contributed by atoms with Crippen molar-refractivity contribution in [2.75, 3.05) is 9.80 Å². The van der Waals surface area contributed by atoms with E-state index in [1.807, 2.05) is 0 Å². The molecule has 0 radical (unpaired) electrons. The van der Waals surface area contributed by atoms with Gasteiger partial charge < -0.3 is 18.6 Å². The summed E-state index contributed by atoms with van der Waals surface area (Å²) in [4.78, 5) is 4.77. The van der Waals surface area contributed by atoms with Crippen molar-refractivity contribution in [2.24, 2.45) is 0 Å². The van der Waals surface area contributed by atoms with Gasteiger partial charge in [-0.05, 0) is 268 Å². The molecule has 0 spiro atoms. The van der Waals surface area contributed by atoms with Gasteiger partial charge in [-0.25, -0.2) is 0 Å². The van der Waals surface area contributed by atoms with E-state index in [1.54, 1.807) is 0 Å². The summed E-state index contributed by atoms with van der Waals surface area (Å²) in [7, 11) is -5.73. The van der Waals surface area contributed by atoms with Crippen LogP contribution in [-0.2, 0) is 0 Å². The summed E-state index contributed by atoms with van der Waals surface area (Å²) in [5.74, 6) is 0.480. The van der Waals surface area contributed by atoms with E-state index >= 15 is 0 Å². The molecule has 22 aromatic rings. The molecule has 2 heterocycles. The highest BCUT2D eigenvalue weighted by Gasteiger charge is 2.44. The lowest BCUT2D eigenvalue weighted by Crippen LogP contribution is -2.74. The minimum absolute atomic E-state index is 0.240. The average molecular weight is 1710 g/mol. The predicted octanol–water partition coefficient (Wildman–Crippen LogP) is 28.8. The van der Waals surface area contributed by atoms with Gasteiger partial charge in [0.25, 0.3) is 0 Å². The van der Waals surface area contributed by atoms with E-state index < -0.39 is 16.1 Å². The Bertz CT molecular complexity index is 7330. The van der Waals surface area contributed by atoms with E-state index in [9.17, 15) is 0 Å². The van der Waals surface area contributed by atoms with Crippen molar-refractivity contribution >= 4 is 168 Å². The molecule has 0 saturated carbocycles. The molecule has 0 bridgehead atoms. The van der Waals surface area contributed by atoms with Crippen LogP contribution in [0.5, 0.6) is 0 Å². The van der Waals surface area contributed by atoms with Crippen LogP contribution in [0, 0.1) is 41.5 Å². The van der Waals surface area contributed by atoms with Crippen molar-refractivity contribution in [3.8, 4) is 44.5 Å². The Morgan fingerprint density at radius 3 is 0.777 bits per heavy atom. The first-order chi connectivity index (χ1) is 63.5. The summed E-state index contributed by atoms with van der Waals surface area (Å²) in [5, 5.41) is 22.9. The molecule has 0 N–H and O–H groups in total. The van der Waals surface area contributed by atoms with Crippen molar-refractivity contribution in [3.05, 3.63) is 457 Å². The number of para-hydroxylation sites is 4. The summed E-state index contributed by atoms with van der Waals surface area (Å²) >= 11 is 0. The third-order valence-electron chi connectivity index (χ3n) is 27.7. The largest absolute Gasteiger partial charge is 0.454 e. The standard InChI is InChI=1S/C124H100N2O2Si2/c1-79(2)113-77-115(89-47-55-95(56-48-89)125(117-27-17-25-111-105-23-11-13-29-119(105)127-123(111)117)93-51-43-87(44-52-93)91-19-15-21-103(75-91)129(97-59-31-81(5)32-60-97,98-61-33-82(6)34-62-98)99-63-35-83(7)36-64-99)109-74-72-108-114(80(3)4)78-116(110-73-71-107(113)121(109)122(108)110)90-49-57-96(58-50-90)126(118-28-18-26-112-106-24-12-14-30-120(106)128-124(112)118)94-53-45-88(46-54-94)92-20-16-22-104(76-92)130(100-65-37-84(8)38-66-100,101-67-39-85(9)40-68-101)102-69-41-86(10)42-70-102/h11-80H,1-10H3. The Balaban J connectivity index is 0.639. The Morgan fingerprint density at radius 2 is 0.477 bits per heavy atom. The van der Waals surface area contributed by atoms with Gasteiger partial charge in [0, 0.05) is 44.3 Å². The monoisotopic (exact) mass is 1700 g/mol. The van der Waals surface area contributed by atoms with Crippen LogP contribution in [-0.4, -0.2) is 16.1 Å². The van der Waals surface area contributed by atoms with Gasteiger partial charge >= 0.3 is 0 Å². The van der Waals surface area contributed by atoms with Crippen LogP contribution < -0.4 is 51.3 Å². The van der Waals surface area contributed by atoms with Gasteiger partial charge in [0.2, 0.25) is 0 Å². The zero-order valence-corrected chi connectivity index (χ0v) is 77.1. The molecule has 4 nitrogen and oxygen atoms in total. The van der Waals surface area contributed by atoms with Gasteiger partial charge in [-0.1, -0.05) is 389 Å². The van der Waals surface area contributed by atoms with E-state index in [2.05, 4.69) is 492 Å². The lowest BCUT2D eigenvalue weighted by atomic mass is 9.81. The number of nitrogens with zero attached hydrogens (tertiary/aromatic N) is 2. The van der Waals surface area contributed by atoms with Crippen LogP contribution in [0.1, 0.15) is 84.0 Å². The number of aryl methyl sites for hydroxylation is 6. The second kappa shape index (κ2) is 32.7. The quantitative estimate of drug-likeness (QED) is 0.0433. The SMILES string of the molecule is Cc1ccc([Si](c2ccc(C)cc2)(c2ccc(C)cc2)c2cccc(-c3ccc(N(c4ccc(-c5cc(C(C)C)c6ccc7c(-c8ccc(N(c9ccc(-c%10cccc([Si](c%11ccc(C)cc%11)(c%11ccc(C)cc%11)c%11ccc(C)cc%11)c%10)cc9)c9cccc%10c9oc9ccccc9%10)cc8)cc(C(C)C)c8ccc5c6c78)cc4)c4cccc5c4oc4ccccc45)cc3)c2)cc1. The maximum absolute atomic E-state index is 6.95. The number of furan rings is 2. The maximum Gasteiger partial charge on any atom is 0.179 e. The fourth-order valence-corrected chi connectivity index (χ4v) is 30.5. The van der Waals surface area contributed by atoms with Crippen LogP contribution in [0.2, 0.25) is 0 Å². The number of hydrogen-bond donors (Lipinski definition) is 0. The van der Waals surface area contributed by atoms with E-state index in [1.165, 1.54) is 141 Å². The maximum atomic E-state index is 6.95. The van der Waals surface area contributed by atoms with Gasteiger partial charge in [0.1, 0.15) is 11.2 Å². The Morgan fingerprint density at radius 1 is 0.208 bits per heavy atom. The molecule has 0 aliphatic heterocycles. The van der Waals surface area contributed by atoms with Crippen LogP contribution >= 0.6 is 0 Å². The van der Waals surface area contributed by atoms with Crippen molar-refractivity contribution in [3.63, 3.8) is 0 Å². The fourth-order valence-electron chi connectivity index (χ4n) is 21.0. The van der Waals surface area contributed by atoms with Crippen LogP contribution in [0.4, 0.5) is 34.1 Å². The molecular weight excluding hydrogens is 1610 g/mol. The first kappa shape index (κ1) is 80.9. The minimum Gasteiger partial charge on any atom is -0.454 e. The zero-order valence-electron chi connectivity index (χ0n) is 75.1. The average Bonchev–Trinajstić information content (AvgIpc) is 1.16.